The highest BCUT2D eigenvalue weighted by Gasteiger charge is 2.40. The summed E-state index contributed by atoms with van der Waals surface area (Å²) in [6.45, 7) is 0.532. The lowest BCUT2D eigenvalue weighted by Crippen LogP contribution is -2.41. The fraction of sp³-hybridized carbons (Fsp3) is 0.333. The van der Waals surface area contributed by atoms with E-state index in [2.05, 4.69) is 15.1 Å². The number of rotatable bonds is 4. The normalized spacial score (nSPS) is 18.6. The first-order valence-electron chi connectivity index (χ1n) is 10.0. The van der Waals surface area contributed by atoms with Gasteiger partial charge in [-0.25, -0.2) is 9.97 Å². The molecule has 0 spiro atoms. The van der Waals surface area contributed by atoms with Gasteiger partial charge in [0.1, 0.15) is 11.2 Å². The Morgan fingerprint density at radius 2 is 2.20 bits per heavy atom. The first-order chi connectivity index (χ1) is 14.7. The topological polar surface area (TPSA) is 102 Å². The van der Waals surface area contributed by atoms with E-state index >= 15 is 0 Å². The molecule has 9 heteroatoms. The molecule has 1 N–H and O–H groups in total. The Morgan fingerprint density at radius 1 is 1.30 bits per heavy atom. The number of nitrogens with one attached hydrogen (secondary N) is 1. The van der Waals surface area contributed by atoms with Crippen LogP contribution in [0.3, 0.4) is 0 Å². The van der Waals surface area contributed by atoms with E-state index in [0.717, 1.165) is 24.2 Å². The maximum Gasteiger partial charge on any atom is 0.273 e. The lowest BCUT2D eigenvalue weighted by molar-refractivity contribution is 0.0654. The molecule has 30 heavy (non-hydrogen) atoms. The van der Waals surface area contributed by atoms with Gasteiger partial charge in [0.2, 0.25) is 5.89 Å². The van der Waals surface area contributed by atoms with Crippen LogP contribution in [0.25, 0.3) is 11.1 Å². The third-order valence-electron chi connectivity index (χ3n) is 5.82. The maximum atomic E-state index is 13.6. The van der Waals surface area contributed by atoms with Gasteiger partial charge in [0.15, 0.2) is 17.4 Å². The fourth-order valence-corrected chi connectivity index (χ4v) is 4.21. The SMILES string of the molecule is COc1cccc2nc([C@@H]3c4nc[nH]c4CCN3C(=O)c3ccnn3C3CC3)oc12. The number of carbonyl (C=O) groups excluding carboxylic acids is 1. The van der Waals surface area contributed by atoms with Crippen molar-refractivity contribution in [3.63, 3.8) is 0 Å². The van der Waals surface area contributed by atoms with Crippen LogP contribution in [0.4, 0.5) is 0 Å². The van der Waals surface area contributed by atoms with E-state index in [1.165, 1.54) is 0 Å². The molecule has 4 aromatic rings. The Hall–Kier alpha value is -3.62. The third kappa shape index (κ3) is 2.54. The van der Waals surface area contributed by atoms with E-state index in [0.29, 0.717) is 47.4 Å². The molecule has 1 atom stereocenters. The summed E-state index contributed by atoms with van der Waals surface area (Å²) in [4.78, 5) is 27.8. The largest absolute Gasteiger partial charge is 0.493 e. The number of methoxy groups -OCH3 is 1. The highest BCUT2D eigenvalue weighted by molar-refractivity contribution is 5.93. The van der Waals surface area contributed by atoms with Gasteiger partial charge in [-0.15, -0.1) is 0 Å². The summed E-state index contributed by atoms with van der Waals surface area (Å²) in [6, 6.07) is 7.14. The standard InChI is InChI=1S/C21H20N6O3/c1-29-16-4-2-3-14-19(16)30-20(25-14)18-17-13(22-11-23-17)8-10-26(18)21(28)15-7-9-24-27(15)12-5-6-12/h2-4,7,9,11-12,18H,5-6,8,10H2,1H3,(H,22,23)/t18-/m0/s1. The average Bonchev–Trinajstić information content (AvgIpc) is 3.18. The second-order valence-corrected chi connectivity index (χ2v) is 7.67. The number of imidazole rings is 1. The molecule has 0 bridgehead atoms. The van der Waals surface area contributed by atoms with Crippen LogP contribution in [-0.2, 0) is 6.42 Å². The second kappa shape index (κ2) is 6.45. The summed E-state index contributed by atoms with van der Waals surface area (Å²) < 4.78 is 13.4. The number of hydrogen-bond donors (Lipinski definition) is 1. The van der Waals surface area contributed by atoms with Crippen LogP contribution >= 0.6 is 0 Å². The van der Waals surface area contributed by atoms with Gasteiger partial charge in [-0.1, -0.05) is 6.07 Å². The Balaban J connectivity index is 1.47. The maximum absolute atomic E-state index is 13.6. The van der Waals surface area contributed by atoms with E-state index in [4.69, 9.17) is 14.1 Å². The molecule has 3 aromatic heterocycles. The third-order valence-corrected chi connectivity index (χ3v) is 5.82. The Kier molecular flexibility index (Phi) is 3.71. The highest BCUT2D eigenvalue weighted by Crippen LogP contribution is 2.39. The first kappa shape index (κ1) is 17.3. The number of para-hydroxylation sites is 1. The van der Waals surface area contributed by atoms with Crippen molar-refractivity contribution in [3.05, 3.63) is 59.8 Å². The molecule has 0 saturated heterocycles. The van der Waals surface area contributed by atoms with Crippen molar-refractivity contribution in [2.45, 2.75) is 31.3 Å². The summed E-state index contributed by atoms with van der Waals surface area (Å²) in [5.41, 5.74) is 3.59. The van der Waals surface area contributed by atoms with Crippen LogP contribution in [0.1, 0.15) is 52.7 Å². The Morgan fingerprint density at radius 3 is 3.03 bits per heavy atom. The molecule has 4 heterocycles. The number of oxazole rings is 1. The Labute approximate surface area is 171 Å². The van der Waals surface area contributed by atoms with E-state index in [-0.39, 0.29) is 5.91 Å². The van der Waals surface area contributed by atoms with Crippen molar-refractivity contribution in [2.75, 3.05) is 13.7 Å². The fourth-order valence-electron chi connectivity index (χ4n) is 4.21. The van der Waals surface area contributed by atoms with Crippen molar-refractivity contribution in [3.8, 4) is 5.75 Å². The number of nitrogens with zero attached hydrogens (tertiary/aromatic N) is 5. The Bertz CT molecular complexity index is 1250. The minimum absolute atomic E-state index is 0.0905. The number of aromatic nitrogens is 5. The number of fused-ring (bicyclic) bond motifs is 2. The van der Waals surface area contributed by atoms with E-state index in [9.17, 15) is 4.79 Å². The number of carbonyl (C=O) groups is 1. The van der Waals surface area contributed by atoms with Gasteiger partial charge in [0.05, 0.1) is 25.2 Å². The van der Waals surface area contributed by atoms with Crippen LogP contribution < -0.4 is 4.74 Å². The van der Waals surface area contributed by atoms with Gasteiger partial charge in [-0.2, -0.15) is 5.10 Å². The highest BCUT2D eigenvalue weighted by atomic mass is 16.5. The molecule has 9 nitrogen and oxygen atoms in total. The summed E-state index contributed by atoms with van der Waals surface area (Å²) >= 11 is 0. The molecule has 6 rings (SSSR count). The van der Waals surface area contributed by atoms with E-state index < -0.39 is 6.04 Å². The molecule has 1 aliphatic heterocycles. The summed E-state index contributed by atoms with van der Waals surface area (Å²) in [5.74, 6) is 0.939. The zero-order chi connectivity index (χ0) is 20.2. The second-order valence-electron chi connectivity index (χ2n) is 7.67. The molecule has 1 amide bonds. The predicted molar refractivity (Wildman–Crippen MR) is 106 cm³/mol. The lowest BCUT2D eigenvalue weighted by atomic mass is 10.0. The molecular formula is C21H20N6O3. The number of amides is 1. The predicted octanol–water partition coefficient (Wildman–Crippen LogP) is 2.88. The minimum atomic E-state index is -0.521. The summed E-state index contributed by atoms with van der Waals surface area (Å²) in [6.07, 6.45) is 6.15. The number of H-pyrrole nitrogens is 1. The zero-order valence-electron chi connectivity index (χ0n) is 16.4. The van der Waals surface area contributed by atoms with Crippen molar-refractivity contribution in [2.24, 2.45) is 0 Å². The molecule has 152 valence electrons. The van der Waals surface area contributed by atoms with Crippen LogP contribution in [0.5, 0.6) is 5.75 Å². The lowest BCUT2D eigenvalue weighted by Gasteiger charge is -2.33. The van der Waals surface area contributed by atoms with Crippen molar-refractivity contribution in [1.29, 1.82) is 0 Å². The minimum Gasteiger partial charge on any atom is -0.493 e. The van der Waals surface area contributed by atoms with E-state index in [1.807, 2.05) is 22.9 Å². The number of ether oxygens (including phenoxy) is 1. The van der Waals surface area contributed by atoms with Gasteiger partial charge in [0, 0.05) is 24.9 Å². The van der Waals surface area contributed by atoms with Gasteiger partial charge in [0.25, 0.3) is 5.91 Å². The van der Waals surface area contributed by atoms with Gasteiger partial charge in [-0.3, -0.25) is 9.48 Å². The zero-order valence-corrected chi connectivity index (χ0v) is 16.4. The smallest absolute Gasteiger partial charge is 0.273 e. The molecule has 0 radical (unpaired) electrons. The van der Waals surface area contributed by atoms with Crippen LogP contribution in [-0.4, -0.2) is 49.2 Å². The van der Waals surface area contributed by atoms with Crippen LogP contribution in [0.15, 0.2) is 41.2 Å². The summed E-state index contributed by atoms with van der Waals surface area (Å²) in [7, 11) is 1.60. The number of benzene rings is 1. The molecule has 0 unspecified atom stereocenters. The van der Waals surface area contributed by atoms with E-state index in [1.54, 1.807) is 30.6 Å². The van der Waals surface area contributed by atoms with Crippen LogP contribution in [0.2, 0.25) is 0 Å². The molecule has 1 aliphatic carbocycles. The van der Waals surface area contributed by atoms with Gasteiger partial charge < -0.3 is 19.0 Å². The first-order valence-corrected chi connectivity index (χ1v) is 10.0. The van der Waals surface area contributed by atoms with Gasteiger partial charge in [-0.05, 0) is 31.0 Å². The van der Waals surface area contributed by atoms with Crippen molar-refractivity contribution >= 4 is 17.0 Å². The van der Waals surface area contributed by atoms with Crippen molar-refractivity contribution in [1.82, 2.24) is 29.6 Å². The average molecular weight is 404 g/mol. The van der Waals surface area contributed by atoms with Crippen molar-refractivity contribution < 1.29 is 13.9 Å². The number of hydrogen-bond acceptors (Lipinski definition) is 6. The summed E-state index contributed by atoms with van der Waals surface area (Å²) in [5, 5.41) is 4.38. The molecule has 1 fully saturated rings. The monoisotopic (exact) mass is 404 g/mol. The molecule has 2 aliphatic rings. The quantitative estimate of drug-likeness (QED) is 0.561. The van der Waals surface area contributed by atoms with Crippen LogP contribution in [0, 0.1) is 0 Å². The molecular weight excluding hydrogens is 384 g/mol. The van der Waals surface area contributed by atoms with Gasteiger partial charge >= 0.3 is 0 Å². The molecule has 1 aromatic carbocycles. The number of aromatic amines is 1. The molecule has 1 saturated carbocycles.